The Labute approximate surface area is 200 Å². The fraction of sp³-hybridized carbons (Fsp3) is 0.357. The molecule has 5 rings (SSSR count). The number of benzene rings is 2. The first-order valence-corrected chi connectivity index (χ1v) is 12.2. The van der Waals surface area contributed by atoms with Gasteiger partial charge in [-0.1, -0.05) is 30.3 Å². The molecule has 0 bridgehead atoms. The number of fused-ring (bicyclic) bond motifs is 1. The van der Waals surface area contributed by atoms with E-state index in [-0.39, 0.29) is 5.91 Å². The number of carbonyl (C=O) groups excluding carboxylic acids is 1. The van der Waals surface area contributed by atoms with Gasteiger partial charge >= 0.3 is 0 Å². The van der Waals surface area contributed by atoms with E-state index >= 15 is 0 Å². The predicted molar refractivity (Wildman–Crippen MR) is 135 cm³/mol. The molecule has 0 unspecified atom stereocenters. The van der Waals surface area contributed by atoms with Gasteiger partial charge in [0.15, 0.2) is 0 Å². The molecule has 1 aliphatic rings. The van der Waals surface area contributed by atoms with Gasteiger partial charge in [-0.15, -0.1) is 10.2 Å². The maximum atomic E-state index is 13.7. The van der Waals surface area contributed by atoms with Gasteiger partial charge in [0.25, 0.3) is 5.91 Å². The number of rotatable bonds is 5. The molecular formula is C28H31N5O. The van der Waals surface area contributed by atoms with Gasteiger partial charge in [0.1, 0.15) is 12.2 Å². The number of piperidine rings is 1. The zero-order chi connectivity index (χ0) is 23.7. The quantitative estimate of drug-likeness (QED) is 0.415. The summed E-state index contributed by atoms with van der Waals surface area (Å²) in [4.78, 5) is 20.6. The number of hydrogen-bond acceptors (Lipinski definition) is 4. The standard InChI is InChI=1S/C28H31N5O/c1-4-32-18-29-31-27(32)16-21-11-13-33(14-12-21)28(34)24-17-26(22-10-9-19(2)20(3)15-22)30-25-8-6-5-7-23(24)25/h5-10,15,17-18,21H,4,11-14,16H2,1-3H3. The van der Waals surface area contributed by atoms with Crippen molar-refractivity contribution in [3.63, 3.8) is 0 Å². The third-order valence-corrected chi connectivity index (χ3v) is 7.16. The lowest BCUT2D eigenvalue weighted by molar-refractivity contribution is 0.0691. The molecule has 0 spiro atoms. The van der Waals surface area contributed by atoms with Crippen molar-refractivity contribution < 1.29 is 4.79 Å². The molecule has 0 saturated carbocycles. The molecule has 0 N–H and O–H groups in total. The Bertz CT molecular complexity index is 1330. The first-order valence-electron chi connectivity index (χ1n) is 12.2. The van der Waals surface area contributed by atoms with Crippen molar-refractivity contribution in [1.82, 2.24) is 24.6 Å². The van der Waals surface area contributed by atoms with Gasteiger partial charge in [-0.3, -0.25) is 4.79 Å². The highest BCUT2D eigenvalue weighted by molar-refractivity contribution is 6.07. The lowest BCUT2D eigenvalue weighted by Gasteiger charge is -2.32. The van der Waals surface area contributed by atoms with Crippen LogP contribution in [0.25, 0.3) is 22.2 Å². The second kappa shape index (κ2) is 9.37. The fourth-order valence-corrected chi connectivity index (χ4v) is 4.87. The number of pyridine rings is 1. The highest BCUT2D eigenvalue weighted by Gasteiger charge is 2.26. The molecule has 2 aromatic heterocycles. The van der Waals surface area contributed by atoms with Gasteiger partial charge in [-0.25, -0.2) is 4.98 Å². The van der Waals surface area contributed by atoms with E-state index in [1.54, 1.807) is 6.33 Å². The van der Waals surface area contributed by atoms with E-state index < -0.39 is 0 Å². The van der Waals surface area contributed by atoms with Crippen LogP contribution < -0.4 is 0 Å². The zero-order valence-electron chi connectivity index (χ0n) is 20.2. The number of carbonyl (C=O) groups is 1. The average Bonchev–Trinajstić information content (AvgIpc) is 3.32. The molecule has 1 amide bonds. The van der Waals surface area contributed by atoms with Gasteiger partial charge in [0.05, 0.1) is 16.8 Å². The van der Waals surface area contributed by atoms with E-state index in [0.29, 0.717) is 5.92 Å². The maximum Gasteiger partial charge on any atom is 0.254 e. The lowest BCUT2D eigenvalue weighted by Crippen LogP contribution is -2.39. The van der Waals surface area contributed by atoms with Crippen molar-refractivity contribution in [1.29, 1.82) is 0 Å². The fourth-order valence-electron chi connectivity index (χ4n) is 4.87. The summed E-state index contributed by atoms with van der Waals surface area (Å²) in [6, 6.07) is 16.3. The van der Waals surface area contributed by atoms with Crippen LogP contribution in [0.15, 0.2) is 54.9 Å². The van der Waals surface area contributed by atoms with Crippen molar-refractivity contribution in [3.8, 4) is 11.3 Å². The third-order valence-electron chi connectivity index (χ3n) is 7.16. The Kier molecular flexibility index (Phi) is 6.14. The van der Waals surface area contributed by atoms with E-state index in [4.69, 9.17) is 4.98 Å². The van der Waals surface area contributed by atoms with Gasteiger partial charge in [0, 0.05) is 37.0 Å². The second-order valence-electron chi connectivity index (χ2n) is 9.34. The van der Waals surface area contributed by atoms with Crippen LogP contribution in [-0.4, -0.2) is 43.6 Å². The van der Waals surface area contributed by atoms with E-state index in [9.17, 15) is 4.79 Å². The van der Waals surface area contributed by atoms with Crippen molar-refractivity contribution in [2.24, 2.45) is 5.92 Å². The predicted octanol–water partition coefficient (Wildman–Crippen LogP) is 5.22. The molecular weight excluding hydrogens is 422 g/mol. The molecule has 3 heterocycles. The lowest BCUT2D eigenvalue weighted by atomic mass is 9.92. The van der Waals surface area contributed by atoms with Crippen LogP contribution in [0.1, 0.15) is 47.1 Å². The van der Waals surface area contributed by atoms with E-state index in [1.165, 1.54) is 11.1 Å². The Morgan fingerprint density at radius 3 is 2.59 bits per heavy atom. The summed E-state index contributed by atoms with van der Waals surface area (Å²) >= 11 is 0. The molecule has 4 aromatic rings. The van der Waals surface area contributed by atoms with Crippen LogP contribution in [0, 0.1) is 19.8 Å². The number of amides is 1. The molecule has 0 aliphatic carbocycles. The SMILES string of the molecule is CCn1cnnc1CC1CCN(C(=O)c2cc(-c3ccc(C)c(C)c3)nc3ccccc23)CC1. The highest BCUT2D eigenvalue weighted by atomic mass is 16.2. The molecule has 0 radical (unpaired) electrons. The van der Waals surface area contributed by atoms with Gasteiger partial charge in [-0.05, 0) is 68.9 Å². The summed E-state index contributed by atoms with van der Waals surface area (Å²) in [5.74, 6) is 1.67. The number of aromatic nitrogens is 4. The minimum atomic E-state index is 0.0962. The van der Waals surface area contributed by atoms with Gasteiger partial charge in [0.2, 0.25) is 0 Å². The summed E-state index contributed by atoms with van der Waals surface area (Å²) in [6.45, 7) is 8.74. The minimum absolute atomic E-state index is 0.0962. The first kappa shape index (κ1) is 22.3. The molecule has 6 heteroatoms. The van der Waals surface area contributed by atoms with Gasteiger partial charge in [-0.2, -0.15) is 0 Å². The highest BCUT2D eigenvalue weighted by Crippen LogP contribution is 2.29. The van der Waals surface area contributed by atoms with Crippen molar-refractivity contribution in [2.75, 3.05) is 13.1 Å². The van der Waals surface area contributed by atoms with Crippen LogP contribution in [-0.2, 0) is 13.0 Å². The van der Waals surface area contributed by atoms with Crippen molar-refractivity contribution in [3.05, 3.63) is 77.4 Å². The summed E-state index contributed by atoms with van der Waals surface area (Å²) in [5, 5.41) is 9.26. The number of aryl methyl sites for hydroxylation is 3. The Hall–Kier alpha value is -3.54. The zero-order valence-corrected chi connectivity index (χ0v) is 20.2. The number of para-hydroxylation sites is 1. The van der Waals surface area contributed by atoms with Gasteiger partial charge < -0.3 is 9.47 Å². The monoisotopic (exact) mass is 453 g/mol. The maximum absolute atomic E-state index is 13.7. The average molecular weight is 454 g/mol. The minimum Gasteiger partial charge on any atom is -0.339 e. The van der Waals surface area contributed by atoms with Crippen LogP contribution in [0.2, 0.25) is 0 Å². The molecule has 1 aliphatic heterocycles. The van der Waals surface area contributed by atoms with Crippen molar-refractivity contribution in [2.45, 2.75) is 46.6 Å². The molecule has 2 aromatic carbocycles. The molecule has 1 fully saturated rings. The topological polar surface area (TPSA) is 63.9 Å². The Balaban J connectivity index is 1.39. The van der Waals surface area contributed by atoms with E-state index in [0.717, 1.165) is 72.4 Å². The summed E-state index contributed by atoms with van der Waals surface area (Å²) in [6.07, 6.45) is 4.69. The third kappa shape index (κ3) is 4.32. The van der Waals surface area contributed by atoms with Crippen LogP contribution in [0.3, 0.4) is 0 Å². The Morgan fingerprint density at radius 1 is 1.03 bits per heavy atom. The molecule has 174 valence electrons. The summed E-state index contributed by atoms with van der Waals surface area (Å²) in [7, 11) is 0. The largest absolute Gasteiger partial charge is 0.339 e. The van der Waals surface area contributed by atoms with Crippen LogP contribution in [0.4, 0.5) is 0 Å². The van der Waals surface area contributed by atoms with E-state index in [1.807, 2.05) is 35.2 Å². The van der Waals surface area contributed by atoms with E-state index in [2.05, 4.69) is 53.7 Å². The molecule has 6 nitrogen and oxygen atoms in total. The van der Waals surface area contributed by atoms with Crippen molar-refractivity contribution >= 4 is 16.8 Å². The summed E-state index contributed by atoms with van der Waals surface area (Å²) < 4.78 is 2.11. The van der Waals surface area contributed by atoms with Crippen LogP contribution in [0.5, 0.6) is 0 Å². The molecule has 1 saturated heterocycles. The van der Waals surface area contributed by atoms with Crippen LogP contribution >= 0.6 is 0 Å². The summed E-state index contributed by atoms with van der Waals surface area (Å²) in [5.41, 5.74) is 5.96. The first-order chi connectivity index (χ1) is 16.5. The number of likely N-dealkylation sites (tertiary alicyclic amines) is 1. The molecule has 0 atom stereocenters. The number of nitrogens with zero attached hydrogens (tertiary/aromatic N) is 5. The molecule has 34 heavy (non-hydrogen) atoms. The smallest absolute Gasteiger partial charge is 0.254 e. The normalized spacial score (nSPS) is 14.6. The Morgan fingerprint density at radius 2 is 1.82 bits per heavy atom. The number of hydrogen-bond donors (Lipinski definition) is 0. The second-order valence-corrected chi connectivity index (χ2v) is 9.34.